The van der Waals surface area contributed by atoms with Crippen LogP contribution in [0.1, 0.15) is 0 Å². The van der Waals surface area contributed by atoms with Gasteiger partial charge in [0.25, 0.3) is 0 Å². The monoisotopic (exact) mass is 219 g/mol. The third kappa shape index (κ3) is 1.54. The molecule has 0 bridgehead atoms. The van der Waals surface area contributed by atoms with Crippen LogP contribution in [0.2, 0.25) is 0 Å². The summed E-state index contributed by atoms with van der Waals surface area (Å²) < 4.78 is 12.9. The summed E-state index contributed by atoms with van der Waals surface area (Å²) in [6, 6.07) is 2.27. The summed E-state index contributed by atoms with van der Waals surface area (Å²) >= 11 is 2.94. The fraction of sp³-hybridized carbons (Fsp3) is 0. The van der Waals surface area contributed by atoms with Gasteiger partial charge in [0.2, 0.25) is 0 Å². The fourth-order valence-electron chi connectivity index (χ4n) is 0.622. The summed E-state index contributed by atoms with van der Waals surface area (Å²) in [6.45, 7) is 0. The first-order valence-corrected chi connectivity index (χ1v) is 3.46. The van der Waals surface area contributed by atoms with Crippen molar-refractivity contribution >= 4 is 21.6 Å². The van der Waals surface area contributed by atoms with E-state index >= 15 is 0 Å². The summed E-state index contributed by atoms with van der Waals surface area (Å²) in [6.07, 6.45) is 0. The molecular formula is C6H3BrFNO2. The maximum absolute atomic E-state index is 12.5. The first-order chi connectivity index (χ1) is 5.15. The van der Waals surface area contributed by atoms with Gasteiger partial charge in [-0.3, -0.25) is 0 Å². The third-order valence-electron chi connectivity index (χ3n) is 1.11. The Hall–Kier alpha value is -0.970. The maximum Gasteiger partial charge on any atom is 0.181 e. The molecule has 0 aliphatic heterocycles. The predicted molar refractivity (Wildman–Crippen MR) is 41.2 cm³/mol. The summed E-state index contributed by atoms with van der Waals surface area (Å²) in [4.78, 5) is 9.93. The van der Waals surface area contributed by atoms with Crippen molar-refractivity contribution in [2.45, 2.75) is 0 Å². The molecule has 0 aliphatic rings. The van der Waals surface area contributed by atoms with Gasteiger partial charge in [0.05, 0.1) is 0 Å². The number of nitroso groups, excluding NO2 is 1. The summed E-state index contributed by atoms with van der Waals surface area (Å²) in [5.74, 6) is -1.59. The third-order valence-corrected chi connectivity index (χ3v) is 1.56. The zero-order valence-electron chi connectivity index (χ0n) is 5.21. The summed E-state index contributed by atoms with van der Waals surface area (Å²) in [5, 5.41) is 11.3. The molecule has 1 rings (SSSR count). The highest BCUT2D eigenvalue weighted by Gasteiger charge is 2.08. The second-order valence-electron chi connectivity index (χ2n) is 1.85. The molecule has 1 aromatic rings. The normalized spacial score (nSPS) is 9.64. The van der Waals surface area contributed by atoms with Gasteiger partial charge in [-0.15, -0.1) is 4.91 Å². The van der Waals surface area contributed by atoms with Gasteiger partial charge in [-0.05, 0) is 17.3 Å². The van der Waals surface area contributed by atoms with Crippen LogP contribution in [0.3, 0.4) is 0 Å². The van der Waals surface area contributed by atoms with Crippen LogP contribution in [0.15, 0.2) is 21.8 Å². The van der Waals surface area contributed by atoms with Gasteiger partial charge in [-0.25, -0.2) is 4.39 Å². The highest BCUT2D eigenvalue weighted by molar-refractivity contribution is 9.10. The Labute approximate surface area is 70.0 Å². The van der Waals surface area contributed by atoms with Crippen molar-refractivity contribution in [2.75, 3.05) is 0 Å². The van der Waals surface area contributed by atoms with E-state index in [4.69, 9.17) is 5.11 Å². The highest BCUT2D eigenvalue weighted by Crippen LogP contribution is 2.32. The van der Waals surface area contributed by atoms with Crippen molar-refractivity contribution in [3.05, 3.63) is 27.3 Å². The number of halogens is 2. The van der Waals surface area contributed by atoms with Gasteiger partial charge in [0.15, 0.2) is 17.3 Å². The van der Waals surface area contributed by atoms with Crippen molar-refractivity contribution in [1.29, 1.82) is 0 Å². The number of phenolic OH excluding ortho intramolecular Hbond substituents is 1. The minimum absolute atomic E-state index is 0.308. The molecule has 0 saturated carbocycles. The quantitative estimate of drug-likeness (QED) is 0.739. The Morgan fingerprint density at radius 3 is 2.73 bits per heavy atom. The molecule has 11 heavy (non-hydrogen) atoms. The van der Waals surface area contributed by atoms with Gasteiger partial charge >= 0.3 is 0 Å². The molecule has 5 heteroatoms. The van der Waals surface area contributed by atoms with Crippen molar-refractivity contribution in [3.63, 3.8) is 0 Å². The number of hydrogen-bond donors (Lipinski definition) is 1. The molecular weight excluding hydrogens is 217 g/mol. The SMILES string of the molecule is O=Nc1cc(Br)cc(F)c1O. The van der Waals surface area contributed by atoms with Crippen molar-refractivity contribution in [2.24, 2.45) is 5.18 Å². The number of phenols is 1. The van der Waals surface area contributed by atoms with E-state index in [1.807, 2.05) is 0 Å². The van der Waals surface area contributed by atoms with E-state index in [1.54, 1.807) is 0 Å². The Kier molecular flexibility index (Phi) is 2.19. The standard InChI is InChI=1S/C6H3BrFNO2/c7-3-1-4(8)6(10)5(2-3)9-11/h1-2,10H. The first-order valence-electron chi connectivity index (χ1n) is 2.66. The van der Waals surface area contributed by atoms with Crippen molar-refractivity contribution in [1.82, 2.24) is 0 Å². The molecule has 0 fully saturated rings. The number of aromatic hydroxyl groups is 1. The maximum atomic E-state index is 12.5. The molecule has 0 amide bonds. The van der Waals surface area contributed by atoms with E-state index in [1.165, 1.54) is 6.07 Å². The second-order valence-corrected chi connectivity index (χ2v) is 2.76. The highest BCUT2D eigenvalue weighted by atomic mass is 79.9. The van der Waals surface area contributed by atoms with Crippen molar-refractivity contribution in [3.8, 4) is 5.75 Å². The van der Waals surface area contributed by atoms with Gasteiger partial charge in [0.1, 0.15) is 0 Å². The second kappa shape index (κ2) is 2.96. The van der Waals surface area contributed by atoms with Crippen LogP contribution in [0.25, 0.3) is 0 Å². The van der Waals surface area contributed by atoms with Crippen LogP contribution in [-0.4, -0.2) is 5.11 Å². The van der Waals surface area contributed by atoms with Gasteiger partial charge in [-0.1, -0.05) is 15.9 Å². The molecule has 0 radical (unpaired) electrons. The van der Waals surface area contributed by atoms with Gasteiger partial charge < -0.3 is 5.11 Å². The van der Waals surface area contributed by atoms with Gasteiger partial charge in [0, 0.05) is 4.47 Å². The van der Waals surface area contributed by atoms with Gasteiger partial charge in [-0.2, -0.15) is 0 Å². The average molecular weight is 220 g/mol. The minimum Gasteiger partial charge on any atom is -0.503 e. The lowest BCUT2D eigenvalue weighted by Crippen LogP contribution is -1.76. The number of benzene rings is 1. The molecule has 3 nitrogen and oxygen atoms in total. The van der Waals surface area contributed by atoms with E-state index < -0.39 is 11.6 Å². The van der Waals surface area contributed by atoms with E-state index in [9.17, 15) is 9.30 Å². The van der Waals surface area contributed by atoms with Crippen LogP contribution in [0.4, 0.5) is 10.1 Å². The lowest BCUT2D eigenvalue weighted by Gasteiger charge is -1.97. The molecule has 1 N–H and O–H groups in total. The minimum atomic E-state index is -0.867. The number of rotatable bonds is 1. The molecule has 1 aromatic carbocycles. The zero-order chi connectivity index (χ0) is 8.43. The summed E-state index contributed by atoms with van der Waals surface area (Å²) in [7, 11) is 0. The van der Waals surface area contributed by atoms with Crippen LogP contribution in [0, 0.1) is 10.7 Å². The molecule has 0 atom stereocenters. The molecule has 0 aliphatic carbocycles. The topological polar surface area (TPSA) is 49.7 Å². The van der Waals surface area contributed by atoms with Crippen LogP contribution >= 0.6 is 15.9 Å². The Morgan fingerprint density at radius 1 is 1.55 bits per heavy atom. The molecule has 0 unspecified atom stereocenters. The van der Waals surface area contributed by atoms with E-state index in [0.717, 1.165) is 6.07 Å². The smallest absolute Gasteiger partial charge is 0.181 e. The zero-order valence-corrected chi connectivity index (χ0v) is 6.80. The van der Waals surface area contributed by atoms with Crippen molar-refractivity contribution < 1.29 is 9.50 Å². The van der Waals surface area contributed by atoms with E-state index in [2.05, 4.69) is 21.1 Å². The number of hydrogen-bond acceptors (Lipinski definition) is 3. The van der Waals surface area contributed by atoms with Crippen LogP contribution in [-0.2, 0) is 0 Å². The van der Waals surface area contributed by atoms with Crippen LogP contribution < -0.4 is 0 Å². The summed E-state index contributed by atoms with van der Waals surface area (Å²) in [5.41, 5.74) is -0.308. The first kappa shape index (κ1) is 8.13. The molecule has 58 valence electrons. The molecule has 0 saturated heterocycles. The predicted octanol–water partition coefficient (Wildman–Crippen LogP) is 2.69. The molecule has 0 heterocycles. The lowest BCUT2D eigenvalue weighted by molar-refractivity contribution is 0.434. The Morgan fingerprint density at radius 2 is 2.18 bits per heavy atom. The molecule has 0 spiro atoms. The Bertz CT molecular complexity index is 303. The fourth-order valence-corrected chi connectivity index (χ4v) is 1.04. The van der Waals surface area contributed by atoms with Crippen LogP contribution in [0.5, 0.6) is 5.75 Å². The lowest BCUT2D eigenvalue weighted by atomic mass is 10.3. The average Bonchev–Trinajstić information content (AvgIpc) is 1.96. The Balaban J connectivity index is 3.35. The number of nitrogens with zero attached hydrogens (tertiary/aromatic N) is 1. The van der Waals surface area contributed by atoms with E-state index in [0.29, 0.717) is 4.47 Å². The molecule has 0 aromatic heterocycles. The van der Waals surface area contributed by atoms with E-state index in [-0.39, 0.29) is 5.69 Å². The largest absolute Gasteiger partial charge is 0.503 e.